The van der Waals surface area contributed by atoms with Crippen molar-refractivity contribution < 1.29 is 14.4 Å². The van der Waals surface area contributed by atoms with Gasteiger partial charge in [0.1, 0.15) is 5.75 Å². The van der Waals surface area contributed by atoms with E-state index >= 15 is 0 Å². The van der Waals surface area contributed by atoms with Gasteiger partial charge in [-0.3, -0.25) is 0 Å². The van der Waals surface area contributed by atoms with Crippen molar-refractivity contribution in [3.8, 4) is 11.4 Å². The molecule has 30 heavy (non-hydrogen) atoms. The van der Waals surface area contributed by atoms with Crippen LogP contribution in [0.2, 0.25) is 0 Å². The molecule has 1 aliphatic rings. The Kier molecular flexibility index (Phi) is 4.34. The van der Waals surface area contributed by atoms with Gasteiger partial charge in [-0.2, -0.15) is 0 Å². The van der Waals surface area contributed by atoms with Crippen molar-refractivity contribution in [2.75, 3.05) is 0 Å². The molecule has 1 saturated heterocycles. The van der Waals surface area contributed by atoms with Crippen LogP contribution in [-0.4, -0.2) is 28.0 Å². The topological polar surface area (TPSA) is 43.6 Å². The van der Waals surface area contributed by atoms with E-state index in [9.17, 15) is 5.11 Å². The molecule has 0 atom stereocenters. The van der Waals surface area contributed by atoms with E-state index in [0.717, 1.165) is 37.4 Å². The minimum Gasteiger partial charge on any atom is -0.508 e. The largest absolute Gasteiger partial charge is 0.508 e. The van der Waals surface area contributed by atoms with E-state index in [1.165, 1.54) is 0 Å². The van der Waals surface area contributed by atoms with Crippen molar-refractivity contribution in [1.29, 1.82) is 0 Å². The maximum absolute atomic E-state index is 9.72. The molecule has 3 aromatic carbocycles. The van der Waals surface area contributed by atoms with Crippen LogP contribution in [0.3, 0.4) is 0 Å². The van der Waals surface area contributed by atoms with Crippen molar-refractivity contribution >= 4 is 50.3 Å². The Labute approximate surface area is 184 Å². The summed E-state index contributed by atoms with van der Waals surface area (Å²) in [4.78, 5) is 0. The fourth-order valence-corrected chi connectivity index (χ4v) is 4.38. The molecule has 2 heterocycles. The highest BCUT2D eigenvalue weighted by molar-refractivity contribution is 9.10. The number of phenolic OH excluding ortho intramolecular Hbond substituents is 1. The fraction of sp³-hybridized carbons (Fsp3) is 0.250. The van der Waals surface area contributed by atoms with Gasteiger partial charge in [0.2, 0.25) is 0 Å². The Hall–Kier alpha value is -2.28. The van der Waals surface area contributed by atoms with Crippen molar-refractivity contribution in [3.05, 3.63) is 65.1 Å². The molecule has 0 spiro atoms. The summed E-state index contributed by atoms with van der Waals surface area (Å²) in [6, 6.07) is 20.0. The second-order valence-corrected chi connectivity index (χ2v) is 9.79. The molecule has 152 valence electrons. The van der Waals surface area contributed by atoms with Gasteiger partial charge in [-0.15, -0.1) is 0 Å². The van der Waals surface area contributed by atoms with Crippen molar-refractivity contribution in [2.45, 2.75) is 38.9 Å². The average Bonchev–Trinajstić information content (AvgIpc) is 3.12. The first kappa shape index (κ1) is 19.7. The Morgan fingerprint density at radius 3 is 2.00 bits per heavy atom. The standard InChI is InChI=1S/C24H23BBrNO3/c1-23(2)24(3,4)30-25(29-23)15-5-11-21-19(13-15)20-14-16(26)6-12-22(20)27(21)17-7-9-18(28)10-8-17/h5-14,28H,1-4H3. The third-order valence-electron chi connectivity index (χ3n) is 6.38. The monoisotopic (exact) mass is 463 g/mol. The first-order valence-electron chi connectivity index (χ1n) is 10.0. The lowest BCUT2D eigenvalue weighted by atomic mass is 9.78. The Morgan fingerprint density at radius 2 is 1.37 bits per heavy atom. The van der Waals surface area contributed by atoms with E-state index in [1.54, 1.807) is 12.1 Å². The van der Waals surface area contributed by atoms with Crippen LogP contribution in [0.25, 0.3) is 27.5 Å². The summed E-state index contributed by atoms with van der Waals surface area (Å²) < 4.78 is 15.8. The summed E-state index contributed by atoms with van der Waals surface area (Å²) in [5.41, 5.74) is 3.44. The van der Waals surface area contributed by atoms with Gasteiger partial charge in [0, 0.05) is 20.9 Å². The summed E-state index contributed by atoms with van der Waals surface area (Å²) in [7, 11) is -0.404. The average molecular weight is 464 g/mol. The van der Waals surface area contributed by atoms with E-state index in [-0.39, 0.29) is 17.0 Å². The number of phenols is 1. The molecule has 0 amide bonds. The van der Waals surface area contributed by atoms with E-state index in [0.29, 0.717) is 0 Å². The molecule has 4 aromatic rings. The molecule has 1 N–H and O–H groups in total. The van der Waals surface area contributed by atoms with Gasteiger partial charge in [-0.25, -0.2) is 0 Å². The Balaban J connectivity index is 1.72. The molecule has 4 nitrogen and oxygen atoms in total. The molecular formula is C24H23BBrNO3. The number of benzene rings is 3. The van der Waals surface area contributed by atoms with Gasteiger partial charge < -0.3 is 19.0 Å². The number of rotatable bonds is 2. The number of hydrogen-bond acceptors (Lipinski definition) is 3. The van der Waals surface area contributed by atoms with E-state index < -0.39 is 7.12 Å². The second kappa shape index (κ2) is 6.61. The SMILES string of the molecule is CC1(C)OB(c2ccc3c(c2)c2cc(Br)ccc2n3-c2ccc(O)cc2)OC1(C)C. The highest BCUT2D eigenvalue weighted by Crippen LogP contribution is 2.38. The van der Waals surface area contributed by atoms with E-state index in [4.69, 9.17) is 9.31 Å². The molecule has 6 heteroatoms. The molecule has 0 aliphatic carbocycles. The van der Waals surface area contributed by atoms with Crippen molar-refractivity contribution in [3.63, 3.8) is 0 Å². The predicted molar refractivity (Wildman–Crippen MR) is 126 cm³/mol. The highest BCUT2D eigenvalue weighted by atomic mass is 79.9. The molecule has 0 unspecified atom stereocenters. The zero-order chi connectivity index (χ0) is 21.3. The lowest BCUT2D eigenvalue weighted by molar-refractivity contribution is 0.00578. The smallest absolute Gasteiger partial charge is 0.494 e. The number of hydrogen-bond donors (Lipinski definition) is 1. The molecule has 1 aromatic heterocycles. The molecule has 0 saturated carbocycles. The van der Waals surface area contributed by atoms with Crippen LogP contribution >= 0.6 is 15.9 Å². The second-order valence-electron chi connectivity index (χ2n) is 8.88. The summed E-state index contributed by atoms with van der Waals surface area (Å²) in [6.45, 7) is 8.28. The zero-order valence-electron chi connectivity index (χ0n) is 17.4. The minimum atomic E-state index is -0.404. The summed E-state index contributed by atoms with van der Waals surface area (Å²) in [6.07, 6.45) is 0. The maximum Gasteiger partial charge on any atom is 0.494 e. The van der Waals surface area contributed by atoms with Crippen LogP contribution in [0.15, 0.2) is 65.1 Å². The van der Waals surface area contributed by atoms with Crippen LogP contribution in [0.4, 0.5) is 0 Å². The Morgan fingerprint density at radius 1 is 0.800 bits per heavy atom. The van der Waals surface area contributed by atoms with Crippen LogP contribution in [-0.2, 0) is 9.31 Å². The number of aromatic nitrogens is 1. The fourth-order valence-electron chi connectivity index (χ4n) is 4.02. The highest BCUT2D eigenvalue weighted by Gasteiger charge is 2.51. The number of aromatic hydroxyl groups is 1. The van der Waals surface area contributed by atoms with Crippen molar-refractivity contribution in [1.82, 2.24) is 4.57 Å². The Bertz CT molecular complexity index is 1260. The molecule has 5 rings (SSSR count). The van der Waals surface area contributed by atoms with E-state index in [1.807, 2.05) is 18.2 Å². The van der Waals surface area contributed by atoms with E-state index in [2.05, 4.69) is 78.5 Å². The van der Waals surface area contributed by atoms with Crippen LogP contribution < -0.4 is 5.46 Å². The molecule has 0 bridgehead atoms. The van der Waals surface area contributed by atoms with Crippen LogP contribution in [0, 0.1) is 0 Å². The third kappa shape index (κ3) is 2.97. The lowest BCUT2D eigenvalue weighted by Gasteiger charge is -2.32. The minimum absolute atomic E-state index is 0.255. The van der Waals surface area contributed by atoms with Crippen LogP contribution in [0.5, 0.6) is 5.75 Å². The van der Waals surface area contributed by atoms with Gasteiger partial charge >= 0.3 is 7.12 Å². The quantitative estimate of drug-likeness (QED) is 0.396. The maximum atomic E-state index is 9.72. The normalized spacial score (nSPS) is 17.8. The van der Waals surface area contributed by atoms with Gasteiger partial charge in [0.15, 0.2) is 0 Å². The lowest BCUT2D eigenvalue weighted by Crippen LogP contribution is -2.41. The first-order chi connectivity index (χ1) is 14.2. The third-order valence-corrected chi connectivity index (χ3v) is 6.88. The zero-order valence-corrected chi connectivity index (χ0v) is 19.0. The van der Waals surface area contributed by atoms with Gasteiger partial charge in [-0.1, -0.05) is 28.1 Å². The molecule has 1 fully saturated rings. The summed E-state index contributed by atoms with van der Waals surface area (Å²) in [5.74, 6) is 0.255. The van der Waals surface area contributed by atoms with Crippen LogP contribution in [0.1, 0.15) is 27.7 Å². The number of nitrogens with zero attached hydrogens (tertiary/aromatic N) is 1. The molecular weight excluding hydrogens is 441 g/mol. The van der Waals surface area contributed by atoms with Crippen molar-refractivity contribution in [2.24, 2.45) is 0 Å². The van der Waals surface area contributed by atoms with Gasteiger partial charge in [0.05, 0.1) is 22.2 Å². The summed E-state index contributed by atoms with van der Waals surface area (Å²) >= 11 is 3.62. The molecule has 0 radical (unpaired) electrons. The first-order valence-corrected chi connectivity index (χ1v) is 10.8. The van der Waals surface area contributed by atoms with Gasteiger partial charge in [0.25, 0.3) is 0 Å². The van der Waals surface area contributed by atoms with Gasteiger partial charge in [-0.05, 0) is 81.7 Å². The summed E-state index contributed by atoms with van der Waals surface area (Å²) in [5, 5.41) is 12.0. The number of halogens is 1. The molecule has 1 aliphatic heterocycles. The number of fused-ring (bicyclic) bond motifs is 3. The predicted octanol–water partition coefficient (Wildman–Crippen LogP) is 5.55.